The van der Waals surface area contributed by atoms with E-state index in [9.17, 15) is 4.79 Å². The summed E-state index contributed by atoms with van der Waals surface area (Å²) in [5.41, 5.74) is -0.347. The molecule has 1 saturated heterocycles. The summed E-state index contributed by atoms with van der Waals surface area (Å²) in [6.07, 6.45) is 0. The van der Waals surface area contributed by atoms with Crippen LogP contribution >= 0.6 is 0 Å². The lowest BCUT2D eigenvalue weighted by atomic mass is 9.93. The Labute approximate surface area is 54.4 Å². The molecule has 3 nitrogen and oxygen atoms in total. The Hall–Kier alpha value is -0.410. The second kappa shape index (κ2) is 2.08. The van der Waals surface area contributed by atoms with E-state index < -0.39 is 0 Å². The summed E-state index contributed by atoms with van der Waals surface area (Å²) < 4.78 is 4.91. The first-order valence-corrected chi connectivity index (χ1v) is 2.99. The molecule has 0 aromatic heterocycles. The number of Topliss-reactive ketones (excluding diaryl/α,β-unsaturated/α-hetero) is 1. The van der Waals surface area contributed by atoms with Crippen molar-refractivity contribution in [2.24, 2.45) is 0 Å². The quantitative estimate of drug-likeness (QED) is 0.549. The summed E-state index contributed by atoms with van der Waals surface area (Å²) in [7, 11) is 1.78. The van der Waals surface area contributed by atoms with Crippen LogP contribution in [0.25, 0.3) is 0 Å². The van der Waals surface area contributed by atoms with Gasteiger partial charge in [0.2, 0.25) is 0 Å². The van der Waals surface area contributed by atoms with Gasteiger partial charge in [-0.2, -0.15) is 0 Å². The average molecular weight is 129 g/mol. The zero-order valence-corrected chi connectivity index (χ0v) is 5.73. The minimum absolute atomic E-state index is 0.163. The fraction of sp³-hybridized carbons (Fsp3) is 0.833. The Morgan fingerprint density at radius 2 is 2.22 bits per heavy atom. The van der Waals surface area contributed by atoms with Crippen LogP contribution in [0.15, 0.2) is 0 Å². The Morgan fingerprint density at radius 3 is 2.22 bits per heavy atom. The molecule has 3 heteroatoms. The van der Waals surface area contributed by atoms with Gasteiger partial charge in [-0.05, 0) is 14.0 Å². The van der Waals surface area contributed by atoms with Crippen molar-refractivity contribution in [1.82, 2.24) is 5.32 Å². The van der Waals surface area contributed by atoms with E-state index in [2.05, 4.69) is 5.32 Å². The van der Waals surface area contributed by atoms with Crippen molar-refractivity contribution in [2.45, 2.75) is 12.5 Å². The number of ketones is 1. The molecule has 0 atom stereocenters. The Kier molecular flexibility index (Phi) is 1.55. The molecule has 0 aromatic carbocycles. The van der Waals surface area contributed by atoms with Crippen molar-refractivity contribution in [1.29, 1.82) is 0 Å². The van der Waals surface area contributed by atoms with Gasteiger partial charge < -0.3 is 10.1 Å². The largest absolute Gasteiger partial charge is 0.376 e. The van der Waals surface area contributed by atoms with Crippen molar-refractivity contribution in [3.8, 4) is 0 Å². The molecule has 1 fully saturated rings. The number of carbonyl (C=O) groups excluding carboxylic acids is 1. The molecule has 1 N–H and O–H groups in total. The van der Waals surface area contributed by atoms with E-state index in [4.69, 9.17) is 4.74 Å². The number of rotatable bonds is 2. The van der Waals surface area contributed by atoms with Crippen LogP contribution in [-0.2, 0) is 9.53 Å². The lowest BCUT2D eigenvalue weighted by Gasteiger charge is -2.38. The maximum Gasteiger partial charge on any atom is 0.154 e. The molecule has 0 spiro atoms. The van der Waals surface area contributed by atoms with Crippen molar-refractivity contribution >= 4 is 5.78 Å². The lowest BCUT2D eigenvalue weighted by Crippen LogP contribution is -2.63. The second-order valence-electron chi connectivity index (χ2n) is 2.38. The summed E-state index contributed by atoms with van der Waals surface area (Å²) in [5, 5.41) is 2.94. The van der Waals surface area contributed by atoms with Crippen LogP contribution in [0.1, 0.15) is 6.92 Å². The maximum absolute atomic E-state index is 10.8. The molecule has 1 aliphatic heterocycles. The van der Waals surface area contributed by atoms with Gasteiger partial charge in [-0.25, -0.2) is 0 Å². The fourth-order valence-corrected chi connectivity index (χ4v) is 0.830. The molecule has 9 heavy (non-hydrogen) atoms. The van der Waals surface area contributed by atoms with Gasteiger partial charge in [-0.1, -0.05) is 0 Å². The zero-order chi connectivity index (χ0) is 6.91. The van der Waals surface area contributed by atoms with Crippen LogP contribution in [-0.4, -0.2) is 31.6 Å². The summed E-state index contributed by atoms with van der Waals surface area (Å²) >= 11 is 0. The maximum atomic E-state index is 10.8. The predicted molar refractivity (Wildman–Crippen MR) is 33.3 cm³/mol. The first-order chi connectivity index (χ1) is 4.21. The summed E-state index contributed by atoms with van der Waals surface area (Å²) in [6.45, 7) is 2.64. The highest BCUT2D eigenvalue weighted by Crippen LogP contribution is 2.16. The third-order valence-corrected chi connectivity index (χ3v) is 1.85. The molecule has 0 amide bonds. The molecule has 0 saturated carbocycles. The molecule has 1 aliphatic rings. The molecular formula is C6H11NO2. The third kappa shape index (κ3) is 0.862. The van der Waals surface area contributed by atoms with Crippen molar-refractivity contribution in [3.05, 3.63) is 0 Å². The lowest BCUT2D eigenvalue weighted by molar-refractivity contribution is -0.142. The number of nitrogens with one attached hydrogen (secondary N) is 1. The molecule has 0 bridgehead atoms. The van der Waals surface area contributed by atoms with Gasteiger partial charge in [-0.15, -0.1) is 0 Å². The number of ether oxygens (including phenoxy) is 1. The standard InChI is InChI=1S/C6H11NO2/c1-5(8)6(7-2)3-9-4-6/h7H,3-4H2,1-2H3. The van der Waals surface area contributed by atoms with Gasteiger partial charge in [0.25, 0.3) is 0 Å². The third-order valence-electron chi connectivity index (χ3n) is 1.85. The molecule has 0 aliphatic carbocycles. The van der Waals surface area contributed by atoms with E-state index in [-0.39, 0.29) is 11.3 Å². The van der Waals surface area contributed by atoms with Gasteiger partial charge in [0.05, 0.1) is 13.2 Å². The topological polar surface area (TPSA) is 38.3 Å². The Balaban J connectivity index is 2.57. The van der Waals surface area contributed by atoms with Crippen LogP contribution in [0, 0.1) is 0 Å². The Morgan fingerprint density at radius 1 is 1.67 bits per heavy atom. The number of carbonyl (C=O) groups is 1. The monoisotopic (exact) mass is 129 g/mol. The van der Waals surface area contributed by atoms with Crippen LogP contribution < -0.4 is 5.32 Å². The van der Waals surface area contributed by atoms with Crippen molar-refractivity contribution < 1.29 is 9.53 Å². The zero-order valence-electron chi connectivity index (χ0n) is 5.73. The molecule has 52 valence electrons. The molecular weight excluding hydrogens is 118 g/mol. The van der Waals surface area contributed by atoms with Gasteiger partial charge in [0, 0.05) is 0 Å². The van der Waals surface area contributed by atoms with E-state index in [1.165, 1.54) is 0 Å². The number of hydrogen-bond donors (Lipinski definition) is 1. The van der Waals surface area contributed by atoms with Gasteiger partial charge in [0.1, 0.15) is 5.54 Å². The molecule has 0 unspecified atom stereocenters. The smallest absolute Gasteiger partial charge is 0.154 e. The van der Waals surface area contributed by atoms with Crippen molar-refractivity contribution in [2.75, 3.05) is 20.3 Å². The van der Waals surface area contributed by atoms with Crippen molar-refractivity contribution in [3.63, 3.8) is 0 Å². The average Bonchev–Trinajstić information content (AvgIpc) is 1.62. The molecule has 1 rings (SSSR count). The fourth-order valence-electron chi connectivity index (χ4n) is 0.830. The highest BCUT2D eigenvalue weighted by Gasteiger charge is 2.41. The van der Waals surface area contributed by atoms with E-state index >= 15 is 0 Å². The highest BCUT2D eigenvalue weighted by molar-refractivity contribution is 5.87. The minimum Gasteiger partial charge on any atom is -0.376 e. The van der Waals surface area contributed by atoms with E-state index in [1.807, 2.05) is 0 Å². The molecule has 0 radical (unpaired) electrons. The number of hydrogen-bond acceptors (Lipinski definition) is 3. The normalized spacial score (nSPS) is 22.9. The van der Waals surface area contributed by atoms with E-state index in [0.29, 0.717) is 13.2 Å². The van der Waals surface area contributed by atoms with Gasteiger partial charge >= 0.3 is 0 Å². The van der Waals surface area contributed by atoms with Crippen LogP contribution in [0.2, 0.25) is 0 Å². The summed E-state index contributed by atoms with van der Waals surface area (Å²) in [4.78, 5) is 10.8. The SMILES string of the molecule is CNC1(C(C)=O)COC1. The van der Waals surface area contributed by atoms with Crippen LogP contribution in [0.4, 0.5) is 0 Å². The summed E-state index contributed by atoms with van der Waals surface area (Å²) in [6, 6.07) is 0. The number of likely N-dealkylation sites (N-methyl/N-ethyl adjacent to an activating group) is 1. The van der Waals surface area contributed by atoms with Crippen LogP contribution in [0.5, 0.6) is 0 Å². The Bertz CT molecular complexity index is 124. The molecule has 1 heterocycles. The summed E-state index contributed by atoms with van der Waals surface area (Å²) in [5.74, 6) is 0.163. The van der Waals surface area contributed by atoms with Gasteiger partial charge in [-0.3, -0.25) is 4.79 Å². The van der Waals surface area contributed by atoms with Crippen LogP contribution in [0.3, 0.4) is 0 Å². The highest BCUT2D eigenvalue weighted by atomic mass is 16.5. The second-order valence-corrected chi connectivity index (χ2v) is 2.38. The van der Waals surface area contributed by atoms with E-state index in [0.717, 1.165) is 0 Å². The van der Waals surface area contributed by atoms with Gasteiger partial charge in [0.15, 0.2) is 5.78 Å². The molecule has 0 aromatic rings. The van der Waals surface area contributed by atoms with E-state index in [1.54, 1.807) is 14.0 Å². The first kappa shape index (κ1) is 6.71. The first-order valence-electron chi connectivity index (χ1n) is 2.99. The predicted octanol–water partition coefficient (Wildman–Crippen LogP) is -0.436. The minimum atomic E-state index is -0.347.